The Balaban J connectivity index is 2.76. The van der Waals surface area contributed by atoms with Crippen LogP contribution in [0, 0.1) is 6.92 Å². The summed E-state index contributed by atoms with van der Waals surface area (Å²) in [5, 5.41) is 2.37. The van der Waals surface area contributed by atoms with E-state index in [1.54, 1.807) is 20.9 Å². The summed E-state index contributed by atoms with van der Waals surface area (Å²) in [5.41, 5.74) is 0.936. The van der Waals surface area contributed by atoms with Crippen molar-refractivity contribution in [1.29, 1.82) is 0 Å². The summed E-state index contributed by atoms with van der Waals surface area (Å²) in [6.07, 6.45) is 0. The molecule has 1 heterocycles. The van der Waals surface area contributed by atoms with Crippen molar-refractivity contribution in [2.45, 2.75) is 32.6 Å². The Hall–Kier alpha value is -0.460. The van der Waals surface area contributed by atoms with E-state index in [9.17, 15) is 8.42 Å². The van der Waals surface area contributed by atoms with E-state index in [0.717, 1.165) is 10.7 Å². The fraction of sp³-hybridized carbons (Fsp3) is 0.667. The lowest BCUT2D eigenvalue weighted by Crippen LogP contribution is -2.32. The molecule has 0 bridgehead atoms. The second-order valence-electron chi connectivity index (χ2n) is 3.73. The number of aryl methyl sites for hydroxylation is 1. The molecule has 0 unspecified atom stereocenters. The van der Waals surface area contributed by atoms with Crippen LogP contribution >= 0.6 is 11.3 Å². The molecule has 4 nitrogen and oxygen atoms in total. The fourth-order valence-corrected chi connectivity index (χ4v) is 3.04. The van der Waals surface area contributed by atoms with Crippen LogP contribution in [0.1, 0.15) is 24.5 Å². The Labute approximate surface area is 95.0 Å². The minimum absolute atomic E-state index is 0.360. The maximum Gasteiger partial charge on any atom is 0.216 e. The Bertz CT molecular complexity index is 423. The van der Waals surface area contributed by atoms with Gasteiger partial charge in [0.25, 0.3) is 0 Å². The quantitative estimate of drug-likeness (QED) is 0.813. The van der Waals surface area contributed by atoms with Crippen molar-refractivity contribution < 1.29 is 8.42 Å². The van der Waals surface area contributed by atoms with Crippen LogP contribution in [0.25, 0.3) is 0 Å². The first-order valence-corrected chi connectivity index (χ1v) is 7.08. The van der Waals surface area contributed by atoms with Crippen LogP contribution in [-0.4, -0.2) is 30.0 Å². The number of rotatable bonds is 4. The Kier molecular flexibility index (Phi) is 3.86. The SMILES string of the molecule is Cc1csc(CN(C)S(=O)(=O)C(C)C)n1. The van der Waals surface area contributed by atoms with Gasteiger partial charge in [-0.15, -0.1) is 11.3 Å². The zero-order valence-corrected chi connectivity index (χ0v) is 11.0. The number of aromatic nitrogens is 1. The molecule has 0 saturated carbocycles. The first-order valence-electron chi connectivity index (χ1n) is 4.70. The number of nitrogens with zero attached hydrogens (tertiary/aromatic N) is 2. The number of hydrogen-bond donors (Lipinski definition) is 0. The maximum absolute atomic E-state index is 11.7. The highest BCUT2D eigenvalue weighted by molar-refractivity contribution is 7.89. The lowest BCUT2D eigenvalue weighted by molar-refractivity contribution is 0.458. The second-order valence-corrected chi connectivity index (χ2v) is 7.27. The molecule has 86 valence electrons. The summed E-state index contributed by atoms with van der Waals surface area (Å²) >= 11 is 1.49. The molecular weight excluding hydrogens is 232 g/mol. The monoisotopic (exact) mass is 248 g/mol. The molecule has 0 fully saturated rings. The Morgan fingerprint density at radius 1 is 1.53 bits per heavy atom. The Morgan fingerprint density at radius 2 is 2.13 bits per heavy atom. The van der Waals surface area contributed by atoms with Gasteiger partial charge in [0.2, 0.25) is 10.0 Å². The van der Waals surface area contributed by atoms with Gasteiger partial charge < -0.3 is 0 Å². The van der Waals surface area contributed by atoms with E-state index in [2.05, 4.69) is 4.98 Å². The molecule has 0 aliphatic rings. The average Bonchev–Trinajstić information content (AvgIpc) is 2.50. The lowest BCUT2D eigenvalue weighted by atomic mass is 10.6. The van der Waals surface area contributed by atoms with Crippen LogP contribution in [-0.2, 0) is 16.6 Å². The van der Waals surface area contributed by atoms with E-state index in [1.807, 2.05) is 12.3 Å². The lowest BCUT2D eigenvalue weighted by Gasteiger charge is -2.18. The van der Waals surface area contributed by atoms with Crippen molar-refractivity contribution in [3.05, 3.63) is 16.1 Å². The summed E-state index contributed by atoms with van der Waals surface area (Å²) in [4.78, 5) is 4.24. The first kappa shape index (κ1) is 12.6. The average molecular weight is 248 g/mol. The van der Waals surface area contributed by atoms with Crippen LogP contribution in [0.3, 0.4) is 0 Å². The van der Waals surface area contributed by atoms with Gasteiger partial charge in [-0.25, -0.2) is 13.4 Å². The van der Waals surface area contributed by atoms with Crippen LogP contribution in [0.15, 0.2) is 5.38 Å². The van der Waals surface area contributed by atoms with E-state index in [-0.39, 0.29) is 5.25 Å². The van der Waals surface area contributed by atoms with E-state index in [4.69, 9.17) is 0 Å². The van der Waals surface area contributed by atoms with Gasteiger partial charge in [-0.3, -0.25) is 0 Å². The molecule has 0 N–H and O–H groups in total. The van der Waals surface area contributed by atoms with Crippen molar-refractivity contribution >= 4 is 21.4 Å². The van der Waals surface area contributed by atoms with Gasteiger partial charge in [-0.05, 0) is 20.8 Å². The topological polar surface area (TPSA) is 50.3 Å². The van der Waals surface area contributed by atoms with Gasteiger partial charge in [-0.1, -0.05) is 0 Å². The molecule has 0 saturated heterocycles. The first-order chi connectivity index (χ1) is 6.84. The predicted octanol–water partition coefficient (Wildman–Crippen LogP) is 1.62. The molecule has 0 atom stereocenters. The summed E-state index contributed by atoms with van der Waals surface area (Å²) in [6, 6.07) is 0. The number of hydrogen-bond acceptors (Lipinski definition) is 4. The van der Waals surface area contributed by atoms with E-state index >= 15 is 0 Å². The van der Waals surface area contributed by atoms with E-state index < -0.39 is 10.0 Å². The van der Waals surface area contributed by atoms with Crippen LogP contribution in [0.5, 0.6) is 0 Å². The van der Waals surface area contributed by atoms with Gasteiger partial charge in [0, 0.05) is 18.1 Å². The van der Waals surface area contributed by atoms with Gasteiger partial charge in [0.1, 0.15) is 5.01 Å². The highest BCUT2D eigenvalue weighted by Gasteiger charge is 2.22. The molecule has 0 aliphatic carbocycles. The minimum atomic E-state index is -3.17. The van der Waals surface area contributed by atoms with E-state index in [0.29, 0.717) is 6.54 Å². The summed E-state index contributed by atoms with van der Waals surface area (Å²) in [7, 11) is -1.58. The Morgan fingerprint density at radius 3 is 2.53 bits per heavy atom. The van der Waals surface area contributed by atoms with Crippen LogP contribution in [0.4, 0.5) is 0 Å². The van der Waals surface area contributed by atoms with Crippen molar-refractivity contribution in [2.24, 2.45) is 0 Å². The molecule has 1 aromatic heterocycles. The fourth-order valence-electron chi connectivity index (χ4n) is 1.12. The van der Waals surface area contributed by atoms with Crippen molar-refractivity contribution in [2.75, 3.05) is 7.05 Å². The highest BCUT2D eigenvalue weighted by atomic mass is 32.2. The minimum Gasteiger partial charge on any atom is -0.245 e. The molecule has 6 heteroatoms. The number of thiazole rings is 1. The third-order valence-electron chi connectivity index (χ3n) is 2.05. The molecule has 1 aromatic rings. The highest BCUT2D eigenvalue weighted by Crippen LogP contribution is 2.14. The second kappa shape index (κ2) is 4.59. The maximum atomic E-state index is 11.7. The van der Waals surface area contributed by atoms with Crippen molar-refractivity contribution in [1.82, 2.24) is 9.29 Å². The summed E-state index contributed by atoms with van der Waals surface area (Å²) in [6.45, 7) is 5.62. The molecule has 15 heavy (non-hydrogen) atoms. The summed E-state index contributed by atoms with van der Waals surface area (Å²) in [5.74, 6) is 0. The third-order valence-corrected chi connectivity index (χ3v) is 5.20. The zero-order chi connectivity index (χ0) is 11.6. The molecule has 0 aliphatic heterocycles. The smallest absolute Gasteiger partial charge is 0.216 e. The molecule has 0 aromatic carbocycles. The predicted molar refractivity (Wildman–Crippen MR) is 62.4 cm³/mol. The molecule has 0 spiro atoms. The van der Waals surface area contributed by atoms with Gasteiger partial charge in [0.05, 0.1) is 11.8 Å². The number of sulfonamides is 1. The third kappa shape index (κ3) is 2.99. The molecule has 1 rings (SSSR count). The van der Waals surface area contributed by atoms with Gasteiger partial charge in [-0.2, -0.15) is 4.31 Å². The van der Waals surface area contributed by atoms with Crippen molar-refractivity contribution in [3.63, 3.8) is 0 Å². The van der Waals surface area contributed by atoms with E-state index in [1.165, 1.54) is 15.6 Å². The van der Waals surface area contributed by atoms with Gasteiger partial charge >= 0.3 is 0 Å². The zero-order valence-electron chi connectivity index (χ0n) is 9.39. The molecular formula is C9H16N2O2S2. The summed E-state index contributed by atoms with van der Waals surface area (Å²) < 4.78 is 24.8. The van der Waals surface area contributed by atoms with Gasteiger partial charge in [0.15, 0.2) is 0 Å². The molecule has 0 radical (unpaired) electrons. The largest absolute Gasteiger partial charge is 0.245 e. The molecule has 0 amide bonds. The normalized spacial score (nSPS) is 12.7. The van der Waals surface area contributed by atoms with Crippen molar-refractivity contribution in [3.8, 4) is 0 Å². The standard InChI is InChI=1S/C9H16N2O2S2/c1-7(2)15(12,13)11(4)5-9-10-8(3)6-14-9/h6-7H,5H2,1-4H3. The van der Waals surface area contributed by atoms with Crippen LogP contribution < -0.4 is 0 Å². The van der Waals surface area contributed by atoms with Crippen LogP contribution in [0.2, 0.25) is 0 Å².